The van der Waals surface area contributed by atoms with E-state index in [4.69, 9.17) is 10.2 Å². The quantitative estimate of drug-likeness (QED) is 0.709. The van der Waals surface area contributed by atoms with E-state index >= 15 is 0 Å². The van der Waals surface area contributed by atoms with E-state index in [0.717, 1.165) is 10.9 Å². The van der Waals surface area contributed by atoms with Crippen LogP contribution < -0.4 is 11.1 Å². The first-order valence-electron chi connectivity index (χ1n) is 8.17. The van der Waals surface area contributed by atoms with Crippen LogP contribution in [-0.2, 0) is 0 Å². The predicted molar refractivity (Wildman–Crippen MR) is 103 cm³/mol. The van der Waals surface area contributed by atoms with Gasteiger partial charge in [0.05, 0.1) is 0 Å². The zero-order valence-corrected chi connectivity index (χ0v) is 15.2. The molecule has 5 heteroatoms. The molecule has 25 heavy (non-hydrogen) atoms. The third kappa shape index (κ3) is 4.41. The fourth-order valence-corrected chi connectivity index (χ4v) is 2.63. The second-order valence-electron chi connectivity index (χ2n) is 6.29. The molecule has 0 spiro atoms. The molecule has 0 radical (unpaired) electrons. The molecule has 1 amide bonds. The summed E-state index contributed by atoms with van der Waals surface area (Å²) in [5.74, 6) is 0.544. The van der Waals surface area contributed by atoms with Gasteiger partial charge in [-0.3, -0.25) is 4.79 Å². The molecule has 0 saturated heterocycles. The molecular formula is C20H23ClN2O2. The van der Waals surface area contributed by atoms with Gasteiger partial charge in [-0.15, -0.1) is 12.4 Å². The summed E-state index contributed by atoms with van der Waals surface area (Å²) < 4.78 is 5.56. The van der Waals surface area contributed by atoms with E-state index in [9.17, 15) is 4.79 Å². The lowest BCUT2D eigenvalue weighted by Crippen LogP contribution is -2.31. The molecule has 4 nitrogen and oxygen atoms in total. The maximum absolute atomic E-state index is 12.2. The number of furan rings is 1. The highest BCUT2D eigenvalue weighted by atomic mass is 35.5. The minimum absolute atomic E-state index is 0. The smallest absolute Gasteiger partial charge is 0.287 e. The van der Waals surface area contributed by atoms with E-state index in [0.29, 0.717) is 23.8 Å². The molecule has 0 bridgehead atoms. The number of hydrogen-bond donors (Lipinski definition) is 2. The SMILES string of the molecule is CC(C)c1ccc(C(N)CNC(=O)c2cc3ccccc3o2)cc1.Cl. The number of benzene rings is 2. The van der Waals surface area contributed by atoms with Crippen molar-refractivity contribution in [3.05, 3.63) is 71.5 Å². The number of para-hydroxylation sites is 1. The van der Waals surface area contributed by atoms with Crippen molar-refractivity contribution in [2.45, 2.75) is 25.8 Å². The lowest BCUT2D eigenvalue weighted by Gasteiger charge is -2.14. The lowest BCUT2D eigenvalue weighted by molar-refractivity contribution is 0.0925. The van der Waals surface area contributed by atoms with Gasteiger partial charge in [-0.25, -0.2) is 0 Å². The first kappa shape index (κ1) is 19.0. The number of nitrogens with one attached hydrogen (secondary N) is 1. The van der Waals surface area contributed by atoms with Gasteiger partial charge in [0.1, 0.15) is 5.58 Å². The largest absolute Gasteiger partial charge is 0.451 e. The second kappa shape index (κ2) is 8.19. The van der Waals surface area contributed by atoms with Gasteiger partial charge in [-0.1, -0.05) is 56.3 Å². The van der Waals surface area contributed by atoms with Crippen LogP contribution in [-0.4, -0.2) is 12.5 Å². The molecule has 3 rings (SSSR count). The Morgan fingerprint density at radius 3 is 2.36 bits per heavy atom. The molecule has 0 fully saturated rings. The van der Waals surface area contributed by atoms with Crippen molar-refractivity contribution in [2.75, 3.05) is 6.54 Å². The van der Waals surface area contributed by atoms with Gasteiger partial charge in [-0.2, -0.15) is 0 Å². The van der Waals surface area contributed by atoms with Crippen molar-refractivity contribution in [1.82, 2.24) is 5.32 Å². The average molecular weight is 359 g/mol. The van der Waals surface area contributed by atoms with E-state index in [1.165, 1.54) is 5.56 Å². The Labute approximate surface area is 153 Å². The Morgan fingerprint density at radius 2 is 1.72 bits per heavy atom. The third-order valence-corrected chi connectivity index (χ3v) is 4.16. The monoisotopic (exact) mass is 358 g/mol. The van der Waals surface area contributed by atoms with Crippen LogP contribution in [0.5, 0.6) is 0 Å². The molecule has 3 N–H and O–H groups in total. The molecule has 132 valence electrons. The molecule has 1 unspecified atom stereocenters. The first-order valence-corrected chi connectivity index (χ1v) is 8.17. The van der Waals surface area contributed by atoms with Crippen LogP contribution in [0.1, 0.15) is 47.5 Å². The second-order valence-corrected chi connectivity index (χ2v) is 6.29. The fraction of sp³-hybridized carbons (Fsp3) is 0.250. The summed E-state index contributed by atoms with van der Waals surface area (Å²) in [5.41, 5.74) is 9.16. The number of amides is 1. The summed E-state index contributed by atoms with van der Waals surface area (Å²) in [7, 11) is 0. The van der Waals surface area contributed by atoms with Crippen molar-refractivity contribution >= 4 is 29.3 Å². The molecular weight excluding hydrogens is 336 g/mol. The molecule has 0 aliphatic heterocycles. The van der Waals surface area contributed by atoms with Crippen molar-refractivity contribution in [2.24, 2.45) is 5.73 Å². The molecule has 1 heterocycles. The van der Waals surface area contributed by atoms with Gasteiger partial charge >= 0.3 is 0 Å². The van der Waals surface area contributed by atoms with Crippen LogP contribution in [0.2, 0.25) is 0 Å². The summed E-state index contributed by atoms with van der Waals surface area (Å²) in [4.78, 5) is 12.2. The van der Waals surface area contributed by atoms with Gasteiger partial charge in [0.2, 0.25) is 0 Å². The highest BCUT2D eigenvalue weighted by molar-refractivity contribution is 5.96. The first-order chi connectivity index (χ1) is 11.5. The van der Waals surface area contributed by atoms with Crippen molar-refractivity contribution in [1.29, 1.82) is 0 Å². The highest BCUT2D eigenvalue weighted by Crippen LogP contribution is 2.19. The van der Waals surface area contributed by atoms with E-state index in [2.05, 4.69) is 31.3 Å². The topological polar surface area (TPSA) is 68.3 Å². The van der Waals surface area contributed by atoms with Crippen LogP contribution in [0.15, 0.2) is 59.0 Å². The summed E-state index contributed by atoms with van der Waals surface area (Å²) >= 11 is 0. The summed E-state index contributed by atoms with van der Waals surface area (Å²) in [6, 6.07) is 17.3. The van der Waals surface area contributed by atoms with Crippen LogP contribution >= 0.6 is 12.4 Å². The van der Waals surface area contributed by atoms with Crippen LogP contribution in [0.4, 0.5) is 0 Å². The Bertz CT molecular complexity index is 807. The standard InChI is InChI=1S/C20H22N2O2.ClH/c1-13(2)14-7-9-15(10-8-14)17(21)12-22-20(23)19-11-16-5-3-4-6-18(16)24-19;/h3-11,13,17H,12,21H2,1-2H3,(H,22,23);1H. The van der Waals surface area contributed by atoms with Gasteiger partial charge in [0.15, 0.2) is 5.76 Å². The van der Waals surface area contributed by atoms with Crippen LogP contribution in [0, 0.1) is 0 Å². The zero-order chi connectivity index (χ0) is 17.1. The normalized spacial score (nSPS) is 12.0. The van der Waals surface area contributed by atoms with Gasteiger partial charge in [0.25, 0.3) is 5.91 Å². The van der Waals surface area contributed by atoms with E-state index < -0.39 is 0 Å². The summed E-state index contributed by atoms with van der Waals surface area (Å²) in [6.07, 6.45) is 0. The highest BCUT2D eigenvalue weighted by Gasteiger charge is 2.14. The number of halogens is 1. The molecule has 3 aromatic rings. The summed E-state index contributed by atoms with van der Waals surface area (Å²) in [6.45, 7) is 4.67. The van der Waals surface area contributed by atoms with Crippen molar-refractivity contribution in [3.63, 3.8) is 0 Å². The number of hydrogen-bond acceptors (Lipinski definition) is 3. The number of fused-ring (bicyclic) bond motifs is 1. The molecule has 0 aliphatic carbocycles. The zero-order valence-electron chi connectivity index (χ0n) is 14.4. The minimum atomic E-state index is -0.250. The predicted octanol–water partition coefficient (Wildman–Crippen LogP) is 4.41. The molecule has 1 atom stereocenters. The number of carbonyl (C=O) groups excluding carboxylic acids is 1. The lowest BCUT2D eigenvalue weighted by atomic mass is 9.99. The number of nitrogens with two attached hydrogens (primary N) is 1. The van der Waals surface area contributed by atoms with E-state index in [-0.39, 0.29) is 24.4 Å². The Hall–Kier alpha value is -2.30. The van der Waals surface area contributed by atoms with Gasteiger partial charge < -0.3 is 15.5 Å². The van der Waals surface area contributed by atoms with Crippen LogP contribution in [0.25, 0.3) is 11.0 Å². The fourth-order valence-electron chi connectivity index (χ4n) is 2.63. The van der Waals surface area contributed by atoms with Crippen molar-refractivity contribution < 1.29 is 9.21 Å². The Kier molecular flexibility index (Phi) is 6.23. The molecule has 0 saturated carbocycles. The molecule has 1 aromatic heterocycles. The minimum Gasteiger partial charge on any atom is -0.451 e. The average Bonchev–Trinajstić information content (AvgIpc) is 3.03. The Balaban J connectivity index is 0.00000225. The van der Waals surface area contributed by atoms with E-state index in [1.807, 2.05) is 36.4 Å². The van der Waals surface area contributed by atoms with Gasteiger partial charge in [0, 0.05) is 18.0 Å². The summed E-state index contributed by atoms with van der Waals surface area (Å²) in [5, 5.41) is 3.75. The van der Waals surface area contributed by atoms with E-state index in [1.54, 1.807) is 6.07 Å². The Morgan fingerprint density at radius 1 is 1.08 bits per heavy atom. The van der Waals surface area contributed by atoms with Crippen molar-refractivity contribution in [3.8, 4) is 0 Å². The molecule has 2 aromatic carbocycles. The maximum atomic E-state index is 12.2. The maximum Gasteiger partial charge on any atom is 0.287 e. The number of rotatable bonds is 5. The number of carbonyl (C=O) groups is 1. The third-order valence-electron chi connectivity index (χ3n) is 4.16. The van der Waals surface area contributed by atoms with Gasteiger partial charge in [-0.05, 0) is 29.2 Å². The van der Waals surface area contributed by atoms with Crippen LogP contribution in [0.3, 0.4) is 0 Å². The molecule has 0 aliphatic rings.